The molecule has 0 aliphatic heterocycles. The largest absolute Gasteiger partial charge is 0.368 e. The highest BCUT2D eigenvalue weighted by atomic mass is 32.1. The van der Waals surface area contributed by atoms with Crippen molar-refractivity contribution in [2.75, 3.05) is 11.9 Å². The van der Waals surface area contributed by atoms with Crippen molar-refractivity contribution < 1.29 is 4.39 Å². The van der Waals surface area contributed by atoms with Gasteiger partial charge in [-0.15, -0.1) is 11.3 Å². The topological polar surface area (TPSA) is 53.6 Å². The summed E-state index contributed by atoms with van der Waals surface area (Å²) in [5.74, 6) is 0.636. The highest BCUT2D eigenvalue weighted by Gasteiger charge is 2.15. The van der Waals surface area contributed by atoms with Crippen molar-refractivity contribution in [1.29, 1.82) is 0 Å². The lowest BCUT2D eigenvalue weighted by molar-refractivity contribution is 0.637. The first-order chi connectivity index (χ1) is 15.0. The Labute approximate surface area is 184 Å². The molecule has 3 aromatic heterocycles. The van der Waals surface area contributed by atoms with Crippen LogP contribution < -0.4 is 5.32 Å². The Morgan fingerprint density at radius 3 is 2.65 bits per heavy atom. The lowest BCUT2D eigenvalue weighted by Gasteiger charge is -2.07. The van der Waals surface area contributed by atoms with Crippen molar-refractivity contribution in [2.45, 2.75) is 27.2 Å². The maximum atomic E-state index is 14.2. The first-order valence-corrected chi connectivity index (χ1v) is 11.1. The van der Waals surface area contributed by atoms with Gasteiger partial charge in [-0.1, -0.05) is 35.9 Å². The minimum absolute atomic E-state index is 0.206. The molecule has 0 atom stereocenters. The number of hydrogen-bond donors (Lipinski definition) is 2. The molecule has 2 aromatic carbocycles. The maximum Gasteiger partial charge on any atom is 0.147 e. The normalized spacial score (nSPS) is 11.5. The number of H-pyrrole nitrogens is 1. The molecule has 0 bridgehead atoms. The van der Waals surface area contributed by atoms with Crippen LogP contribution in [0.1, 0.15) is 22.4 Å². The third kappa shape index (κ3) is 3.57. The SMILES string of the molecule is Cc1ccc(-c2cc3ncnc(NCCc4c(C)[nH]c5c(F)ccc(C)c45)c3s2)cc1. The van der Waals surface area contributed by atoms with E-state index in [2.05, 4.69) is 57.5 Å². The minimum Gasteiger partial charge on any atom is -0.368 e. The lowest BCUT2D eigenvalue weighted by atomic mass is 10.0. The molecule has 156 valence electrons. The quantitative estimate of drug-likeness (QED) is 0.332. The molecule has 4 nitrogen and oxygen atoms in total. The summed E-state index contributed by atoms with van der Waals surface area (Å²) < 4.78 is 15.3. The van der Waals surface area contributed by atoms with Gasteiger partial charge in [0, 0.05) is 22.5 Å². The Morgan fingerprint density at radius 2 is 1.84 bits per heavy atom. The number of aryl methyl sites for hydroxylation is 3. The Hall–Kier alpha value is -3.25. The van der Waals surface area contributed by atoms with Crippen LogP contribution in [0.15, 0.2) is 48.8 Å². The van der Waals surface area contributed by atoms with E-state index in [0.29, 0.717) is 12.1 Å². The van der Waals surface area contributed by atoms with Gasteiger partial charge in [-0.05, 0) is 56.0 Å². The summed E-state index contributed by atoms with van der Waals surface area (Å²) in [6.45, 7) is 6.82. The van der Waals surface area contributed by atoms with E-state index in [1.807, 2.05) is 19.9 Å². The number of fused-ring (bicyclic) bond motifs is 2. The van der Waals surface area contributed by atoms with E-state index in [1.54, 1.807) is 17.7 Å². The number of thiophene rings is 1. The third-order valence-corrected chi connectivity index (χ3v) is 6.92. The van der Waals surface area contributed by atoms with Gasteiger partial charge in [-0.2, -0.15) is 0 Å². The molecule has 0 saturated carbocycles. The zero-order chi connectivity index (χ0) is 21.5. The van der Waals surface area contributed by atoms with Crippen LogP contribution in [0.2, 0.25) is 0 Å². The van der Waals surface area contributed by atoms with Crippen molar-refractivity contribution in [1.82, 2.24) is 15.0 Å². The van der Waals surface area contributed by atoms with E-state index in [-0.39, 0.29) is 5.82 Å². The average Bonchev–Trinajstić information content (AvgIpc) is 3.34. The highest BCUT2D eigenvalue weighted by Crippen LogP contribution is 2.36. The summed E-state index contributed by atoms with van der Waals surface area (Å²) in [5, 5.41) is 4.47. The third-order valence-electron chi connectivity index (χ3n) is 5.74. The number of nitrogens with one attached hydrogen (secondary N) is 2. The predicted molar refractivity (Wildman–Crippen MR) is 128 cm³/mol. The van der Waals surface area contributed by atoms with E-state index in [1.165, 1.54) is 22.1 Å². The molecule has 5 rings (SSSR count). The van der Waals surface area contributed by atoms with E-state index >= 15 is 0 Å². The van der Waals surface area contributed by atoms with Crippen LogP contribution in [0.25, 0.3) is 31.6 Å². The summed E-state index contributed by atoms with van der Waals surface area (Å²) in [7, 11) is 0. The minimum atomic E-state index is -0.206. The molecule has 0 fully saturated rings. The summed E-state index contributed by atoms with van der Waals surface area (Å²) in [6.07, 6.45) is 2.38. The zero-order valence-electron chi connectivity index (χ0n) is 17.7. The highest BCUT2D eigenvalue weighted by molar-refractivity contribution is 7.22. The smallest absolute Gasteiger partial charge is 0.147 e. The molecule has 0 aliphatic carbocycles. The molecule has 5 aromatic rings. The Morgan fingerprint density at radius 1 is 1.03 bits per heavy atom. The number of nitrogens with zero attached hydrogens (tertiary/aromatic N) is 2. The van der Waals surface area contributed by atoms with Crippen LogP contribution in [0.5, 0.6) is 0 Å². The maximum absolute atomic E-state index is 14.2. The van der Waals surface area contributed by atoms with Gasteiger partial charge >= 0.3 is 0 Å². The number of aromatic nitrogens is 3. The van der Waals surface area contributed by atoms with Gasteiger partial charge in [0.05, 0.1) is 15.7 Å². The number of hydrogen-bond acceptors (Lipinski definition) is 4. The Kier molecular flexibility index (Phi) is 4.94. The second-order valence-electron chi connectivity index (χ2n) is 7.93. The van der Waals surface area contributed by atoms with Crippen LogP contribution in [-0.2, 0) is 6.42 Å². The lowest BCUT2D eigenvalue weighted by Crippen LogP contribution is -2.07. The fourth-order valence-corrected chi connectivity index (χ4v) is 5.18. The number of benzene rings is 2. The van der Waals surface area contributed by atoms with Crippen LogP contribution >= 0.6 is 11.3 Å². The fourth-order valence-electron chi connectivity index (χ4n) is 4.10. The van der Waals surface area contributed by atoms with Crippen molar-refractivity contribution >= 4 is 38.3 Å². The van der Waals surface area contributed by atoms with Crippen LogP contribution in [-0.4, -0.2) is 21.5 Å². The molecule has 2 N–H and O–H groups in total. The van der Waals surface area contributed by atoms with Gasteiger partial charge in [0.25, 0.3) is 0 Å². The molecule has 31 heavy (non-hydrogen) atoms. The second kappa shape index (κ2) is 7.78. The van der Waals surface area contributed by atoms with Crippen LogP contribution in [0, 0.1) is 26.6 Å². The number of rotatable bonds is 5. The molecular formula is C25H23FN4S. The molecule has 0 radical (unpaired) electrons. The number of halogens is 1. The molecule has 0 amide bonds. The fraction of sp³-hybridized carbons (Fsp3) is 0.200. The van der Waals surface area contributed by atoms with Gasteiger partial charge in [0.15, 0.2) is 0 Å². The van der Waals surface area contributed by atoms with Gasteiger partial charge in [0.1, 0.15) is 18.0 Å². The Bertz CT molecular complexity index is 1400. The molecular weight excluding hydrogens is 407 g/mol. The standard InChI is InChI=1S/C25H23FN4S/c1-14-4-7-17(8-5-14)21-12-20-24(31-21)25(29-13-28-20)27-11-10-18-16(3)30-23-19(26)9-6-15(2)22(18)23/h4-9,12-13,30H,10-11H2,1-3H3,(H,27,28,29). The molecule has 0 unspecified atom stereocenters. The average molecular weight is 431 g/mol. The summed E-state index contributed by atoms with van der Waals surface area (Å²) >= 11 is 1.70. The molecule has 0 spiro atoms. The first-order valence-electron chi connectivity index (χ1n) is 10.3. The summed E-state index contributed by atoms with van der Waals surface area (Å²) in [5.41, 5.74) is 7.21. The van der Waals surface area contributed by atoms with E-state index in [4.69, 9.17) is 0 Å². The molecule has 6 heteroatoms. The van der Waals surface area contributed by atoms with Gasteiger partial charge in [0.2, 0.25) is 0 Å². The van der Waals surface area contributed by atoms with E-state index < -0.39 is 0 Å². The van der Waals surface area contributed by atoms with Crippen molar-refractivity contribution in [3.8, 4) is 10.4 Å². The number of anilines is 1. The van der Waals surface area contributed by atoms with Crippen molar-refractivity contribution in [3.63, 3.8) is 0 Å². The zero-order valence-corrected chi connectivity index (χ0v) is 18.5. The van der Waals surface area contributed by atoms with Crippen molar-refractivity contribution in [3.05, 3.63) is 77.0 Å². The predicted octanol–water partition coefficient (Wildman–Crippen LogP) is 6.56. The second-order valence-corrected chi connectivity index (χ2v) is 8.99. The molecule has 0 saturated heterocycles. The first kappa shape index (κ1) is 19.7. The number of aromatic amines is 1. The van der Waals surface area contributed by atoms with E-state index in [0.717, 1.165) is 44.7 Å². The summed E-state index contributed by atoms with van der Waals surface area (Å²) in [6, 6.07) is 14.0. The van der Waals surface area contributed by atoms with Gasteiger partial charge in [-0.25, -0.2) is 14.4 Å². The Balaban J connectivity index is 1.41. The molecule has 0 aliphatic rings. The van der Waals surface area contributed by atoms with Gasteiger partial charge < -0.3 is 10.3 Å². The monoisotopic (exact) mass is 430 g/mol. The van der Waals surface area contributed by atoms with Crippen LogP contribution in [0.4, 0.5) is 10.2 Å². The van der Waals surface area contributed by atoms with E-state index in [9.17, 15) is 4.39 Å². The van der Waals surface area contributed by atoms with Gasteiger partial charge in [-0.3, -0.25) is 0 Å². The van der Waals surface area contributed by atoms with Crippen LogP contribution in [0.3, 0.4) is 0 Å². The van der Waals surface area contributed by atoms with Crippen molar-refractivity contribution in [2.24, 2.45) is 0 Å². The summed E-state index contributed by atoms with van der Waals surface area (Å²) in [4.78, 5) is 13.3. The molecule has 3 heterocycles.